The second-order valence-corrected chi connectivity index (χ2v) is 2.85. The van der Waals surface area contributed by atoms with E-state index in [1.165, 1.54) is 10.9 Å². The lowest BCUT2D eigenvalue weighted by Gasteiger charge is -1.94. The highest BCUT2D eigenvalue weighted by molar-refractivity contribution is 5.76. The van der Waals surface area contributed by atoms with Gasteiger partial charge in [0.1, 0.15) is 5.65 Å². The highest BCUT2D eigenvalue weighted by Gasteiger charge is 1.96. The zero-order valence-corrected chi connectivity index (χ0v) is 8.70. The molecule has 2 heteroatoms. The monoisotopic (exact) mass is 176 g/mol. The minimum Gasteiger partial charge on any atom is -0.336 e. The largest absolute Gasteiger partial charge is 0.336 e. The first-order chi connectivity index (χ1) is 6.27. The van der Waals surface area contributed by atoms with Crippen molar-refractivity contribution in [3.63, 3.8) is 0 Å². The quantitative estimate of drug-likeness (QED) is 0.603. The average molecular weight is 176 g/mol. The molecule has 0 fully saturated rings. The van der Waals surface area contributed by atoms with Crippen LogP contribution in [0.4, 0.5) is 0 Å². The van der Waals surface area contributed by atoms with Gasteiger partial charge < -0.3 is 4.57 Å². The molecule has 2 aromatic heterocycles. The van der Waals surface area contributed by atoms with E-state index in [-0.39, 0.29) is 0 Å². The summed E-state index contributed by atoms with van der Waals surface area (Å²) in [4.78, 5) is 4.30. The maximum absolute atomic E-state index is 4.30. The Hall–Kier alpha value is -1.31. The molecule has 2 aromatic rings. The standard InChI is InChI=1S/C9H10N2.C2H6/c1-7-5-8-3-4-11(2)9(8)10-6-7;1-2/h3-6H,1-2H3;1-2H3. The molecular formula is C11H16N2. The Morgan fingerprint density at radius 3 is 2.69 bits per heavy atom. The topological polar surface area (TPSA) is 17.8 Å². The highest BCUT2D eigenvalue weighted by Crippen LogP contribution is 2.12. The Kier molecular flexibility index (Phi) is 3.07. The van der Waals surface area contributed by atoms with E-state index in [1.54, 1.807) is 0 Å². The molecule has 0 spiro atoms. The lowest BCUT2D eigenvalue weighted by molar-refractivity contribution is 0.947. The van der Waals surface area contributed by atoms with E-state index >= 15 is 0 Å². The molecule has 0 saturated heterocycles. The van der Waals surface area contributed by atoms with Crippen molar-refractivity contribution in [1.29, 1.82) is 0 Å². The van der Waals surface area contributed by atoms with Gasteiger partial charge >= 0.3 is 0 Å². The van der Waals surface area contributed by atoms with Crippen molar-refractivity contribution in [1.82, 2.24) is 9.55 Å². The predicted molar refractivity (Wildman–Crippen MR) is 56.8 cm³/mol. The number of pyridine rings is 1. The lowest BCUT2D eigenvalue weighted by Crippen LogP contribution is -1.87. The first-order valence-corrected chi connectivity index (χ1v) is 4.65. The van der Waals surface area contributed by atoms with Gasteiger partial charge in [0.25, 0.3) is 0 Å². The minimum absolute atomic E-state index is 1.05. The molecule has 13 heavy (non-hydrogen) atoms. The average Bonchev–Trinajstić information content (AvgIpc) is 2.51. The summed E-state index contributed by atoms with van der Waals surface area (Å²) in [5, 5.41) is 1.22. The van der Waals surface area contributed by atoms with Crippen LogP contribution in [0.2, 0.25) is 0 Å². The van der Waals surface area contributed by atoms with Gasteiger partial charge in [0.05, 0.1) is 0 Å². The Balaban J connectivity index is 0.000000396. The van der Waals surface area contributed by atoms with Crippen LogP contribution in [0.25, 0.3) is 11.0 Å². The number of rotatable bonds is 0. The normalized spacial score (nSPS) is 9.54. The zero-order chi connectivity index (χ0) is 9.84. The van der Waals surface area contributed by atoms with E-state index in [0.29, 0.717) is 0 Å². The van der Waals surface area contributed by atoms with Gasteiger partial charge in [-0.25, -0.2) is 4.98 Å². The summed E-state index contributed by atoms with van der Waals surface area (Å²) in [6, 6.07) is 4.22. The van der Waals surface area contributed by atoms with Crippen molar-refractivity contribution in [2.75, 3.05) is 0 Å². The van der Waals surface area contributed by atoms with Crippen molar-refractivity contribution in [2.45, 2.75) is 20.8 Å². The fourth-order valence-corrected chi connectivity index (χ4v) is 1.26. The number of nitrogens with zero attached hydrogens (tertiary/aromatic N) is 2. The summed E-state index contributed by atoms with van der Waals surface area (Å²) in [5.74, 6) is 0. The summed E-state index contributed by atoms with van der Waals surface area (Å²) in [7, 11) is 2.00. The Morgan fingerprint density at radius 2 is 2.00 bits per heavy atom. The van der Waals surface area contributed by atoms with Crippen LogP contribution < -0.4 is 0 Å². The number of hydrogen-bond donors (Lipinski definition) is 0. The van der Waals surface area contributed by atoms with Crippen LogP contribution in [0.1, 0.15) is 19.4 Å². The van der Waals surface area contributed by atoms with Gasteiger partial charge in [0, 0.05) is 24.8 Å². The maximum Gasteiger partial charge on any atom is 0.139 e. The third-order valence-electron chi connectivity index (χ3n) is 1.84. The van der Waals surface area contributed by atoms with Gasteiger partial charge in [-0.2, -0.15) is 0 Å². The summed E-state index contributed by atoms with van der Waals surface area (Å²) < 4.78 is 2.02. The molecule has 0 aromatic carbocycles. The second kappa shape index (κ2) is 4.08. The molecule has 2 nitrogen and oxygen atoms in total. The fraction of sp³-hybridized carbons (Fsp3) is 0.364. The first-order valence-electron chi connectivity index (χ1n) is 4.65. The van der Waals surface area contributed by atoms with Crippen LogP contribution in [-0.2, 0) is 7.05 Å². The summed E-state index contributed by atoms with van der Waals surface area (Å²) in [6.45, 7) is 6.06. The number of aromatic nitrogens is 2. The number of fused-ring (bicyclic) bond motifs is 1. The molecule has 0 aliphatic heterocycles. The van der Waals surface area contributed by atoms with Crippen LogP contribution >= 0.6 is 0 Å². The van der Waals surface area contributed by atoms with Crippen LogP contribution in [0.3, 0.4) is 0 Å². The van der Waals surface area contributed by atoms with Crippen molar-refractivity contribution < 1.29 is 0 Å². The highest BCUT2D eigenvalue weighted by atomic mass is 15.0. The van der Waals surface area contributed by atoms with Crippen LogP contribution in [0.5, 0.6) is 0 Å². The number of aryl methyl sites for hydroxylation is 2. The van der Waals surface area contributed by atoms with E-state index < -0.39 is 0 Å². The van der Waals surface area contributed by atoms with Crippen LogP contribution in [0, 0.1) is 6.92 Å². The van der Waals surface area contributed by atoms with E-state index in [1.807, 2.05) is 37.9 Å². The SMILES string of the molecule is CC.Cc1cnc2c(ccn2C)c1. The number of hydrogen-bond acceptors (Lipinski definition) is 1. The van der Waals surface area contributed by atoms with E-state index in [4.69, 9.17) is 0 Å². The summed E-state index contributed by atoms with van der Waals surface area (Å²) in [6.07, 6.45) is 3.92. The van der Waals surface area contributed by atoms with Gasteiger partial charge in [-0.1, -0.05) is 13.8 Å². The first kappa shape index (κ1) is 9.78. The van der Waals surface area contributed by atoms with Gasteiger partial charge in [-0.3, -0.25) is 0 Å². The van der Waals surface area contributed by atoms with Gasteiger partial charge in [0.2, 0.25) is 0 Å². The Morgan fingerprint density at radius 1 is 1.31 bits per heavy atom. The van der Waals surface area contributed by atoms with Gasteiger partial charge in [0.15, 0.2) is 0 Å². The molecule has 70 valence electrons. The fourth-order valence-electron chi connectivity index (χ4n) is 1.26. The molecule has 0 N–H and O–H groups in total. The van der Waals surface area contributed by atoms with Gasteiger partial charge in [-0.15, -0.1) is 0 Å². The Bertz CT molecular complexity index is 388. The molecule has 2 rings (SSSR count). The molecule has 0 amide bonds. The molecule has 0 saturated carbocycles. The smallest absolute Gasteiger partial charge is 0.139 e. The van der Waals surface area contributed by atoms with E-state index in [2.05, 4.69) is 24.0 Å². The molecule has 0 atom stereocenters. The van der Waals surface area contributed by atoms with E-state index in [0.717, 1.165) is 5.65 Å². The molecule has 0 aliphatic rings. The van der Waals surface area contributed by atoms with Gasteiger partial charge in [-0.05, 0) is 24.6 Å². The lowest BCUT2D eigenvalue weighted by atomic mass is 10.2. The van der Waals surface area contributed by atoms with Crippen molar-refractivity contribution in [2.24, 2.45) is 7.05 Å². The third kappa shape index (κ3) is 1.89. The molecular weight excluding hydrogens is 160 g/mol. The third-order valence-corrected chi connectivity index (χ3v) is 1.84. The van der Waals surface area contributed by atoms with Crippen LogP contribution in [-0.4, -0.2) is 9.55 Å². The van der Waals surface area contributed by atoms with Crippen molar-refractivity contribution >= 4 is 11.0 Å². The summed E-state index contributed by atoms with van der Waals surface area (Å²) >= 11 is 0. The van der Waals surface area contributed by atoms with Crippen LogP contribution in [0.15, 0.2) is 24.5 Å². The molecule has 0 bridgehead atoms. The maximum atomic E-state index is 4.30. The van der Waals surface area contributed by atoms with E-state index in [9.17, 15) is 0 Å². The second-order valence-electron chi connectivity index (χ2n) is 2.85. The molecule has 0 unspecified atom stereocenters. The molecule has 2 heterocycles. The minimum atomic E-state index is 1.05. The van der Waals surface area contributed by atoms with Crippen molar-refractivity contribution in [3.8, 4) is 0 Å². The Labute approximate surface area is 79.2 Å². The molecule has 0 radical (unpaired) electrons. The summed E-state index contributed by atoms with van der Waals surface area (Å²) in [5.41, 5.74) is 2.26. The van der Waals surface area contributed by atoms with Crippen molar-refractivity contribution in [3.05, 3.63) is 30.1 Å². The molecule has 0 aliphatic carbocycles. The predicted octanol–water partition coefficient (Wildman–Crippen LogP) is 2.91. The zero-order valence-electron chi connectivity index (χ0n) is 8.70.